The zero-order valence-electron chi connectivity index (χ0n) is 18.5. The van der Waals surface area contributed by atoms with Crippen LogP contribution in [0.5, 0.6) is 0 Å². The molecule has 1 aromatic heterocycles. The number of fused-ring (bicyclic) bond motifs is 5. The summed E-state index contributed by atoms with van der Waals surface area (Å²) in [6, 6.07) is 12.0. The zero-order chi connectivity index (χ0) is 22.8. The summed E-state index contributed by atoms with van der Waals surface area (Å²) in [4.78, 5) is 44.5. The van der Waals surface area contributed by atoms with E-state index in [4.69, 9.17) is 0 Å². The highest BCUT2D eigenvalue weighted by Gasteiger charge is 2.24. The first-order chi connectivity index (χ1) is 15.4. The van der Waals surface area contributed by atoms with Gasteiger partial charge in [-0.3, -0.25) is 19.7 Å². The number of hydrogen-bond acceptors (Lipinski definition) is 4. The lowest BCUT2D eigenvalue weighted by Crippen LogP contribution is -2.26. The van der Waals surface area contributed by atoms with Gasteiger partial charge in [0, 0.05) is 37.8 Å². The van der Waals surface area contributed by atoms with E-state index in [0.29, 0.717) is 40.2 Å². The summed E-state index contributed by atoms with van der Waals surface area (Å²) in [6.07, 6.45) is 2.51. The van der Waals surface area contributed by atoms with E-state index in [1.807, 2.05) is 10.6 Å². The van der Waals surface area contributed by atoms with Gasteiger partial charge >= 0.3 is 0 Å². The summed E-state index contributed by atoms with van der Waals surface area (Å²) in [7, 11) is 3.43. The Balaban J connectivity index is 1.86. The largest absolute Gasteiger partial charge is 0.352 e. The lowest BCUT2D eigenvalue weighted by Gasteiger charge is -2.20. The van der Waals surface area contributed by atoms with Crippen LogP contribution in [-0.2, 0) is 0 Å². The molecule has 4 rings (SSSR count). The first kappa shape index (κ1) is 21.5. The van der Waals surface area contributed by atoms with Gasteiger partial charge in [-0.05, 0) is 56.5 Å². The summed E-state index contributed by atoms with van der Waals surface area (Å²) in [5.41, 5.74) is 2.71. The lowest BCUT2D eigenvalue weighted by atomic mass is 10.1. The molecule has 0 fully saturated rings. The molecule has 3 aromatic rings. The van der Waals surface area contributed by atoms with Crippen molar-refractivity contribution in [2.45, 2.75) is 32.2 Å². The van der Waals surface area contributed by atoms with Crippen LogP contribution in [0.3, 0.4) is 0 Å². The SMILES string of the molecule is CC1CCCCNC(=O)c2cccc(c2)C(=O)Nc2nc3cccc(C(=O)N(C)C)c3n21. The Hall–Kier alpha value is -3.68. The maximum absolute atomic E-state index is 13.1. The number of imidazole rings is 1. The zero-order valence-corrected chi connectivity index (χ0v) is 18.5. The van der Waals surface area contributed by atoms with Gasteiger partial charge in [-0.1, -0.05) is 12.1 Å². The number of carbonyl (C=O) groups excluding carboxylic acids is 3. The normalized spacial score (nSPS) is 17.2. The highest BCUT2D eigenvalue weighted by Crippen LogP contribution is 2.30. The summed E-state index contributed by atoms with van der Waals surface area (Å²) < 4.78 is 1.96. The van der Waals surface area contributed by atoms with Crippen molar-refractivity contribution in [3.05, 3.63) is 59.2 Å². The van der Waals surface area contributed by atoms with E-state index in [1.165, 1.54) is 4.90 Å². The second-order valence-electron chi connectivity index (χ2n) is 8.31. The molecule has 2 aromatic carbocycles. The smallest absolute Gasteiger partial charge is 0.257 e. The highest BCUT2D eigenvalue weighted by molar-refractivity contribution is 6.08. The van der Waals surface area contributed by atoms with Crippen LogP contribution in [0.15, 0.2) is 42.5 Å². The predicted octanol–water partition coefficient (Wildman–Crippen LogP) is 3.47. The quantitative estimate of drug-likeness (QED) is 0.614. The first-order valence-electron chi connectivity index (χ1n) is 10.8. The van der Waals surface area contributed by atoms with E-state index < -0.39 is 0 Å². The van der Waals surface area contributed by atoms with Gasteiger partial charge in [-0.15, -0.1) is 0 Å². The molecule has 0 saturated heterocycles. The van der Waals surface area contributed by atoms with Crippen LogP contribution in [0.4, 0.5) is 5.95 Å². The van der Waals surface area contributed by atoms with Crippen molar-refractivity contribution in [3.8, 4) is 0 Å². The van der Waals surface area contributed by atoms with Crippen molar-refractivity contribution in [1.29, 1.82) is 0 Å². The fraction of sp³-hybridized carbons (Fsp3) is 0.333. The van der Waals surface area contributed by atoms with E-state index in [-0.39, 0.29) is 23.8 Å². The van der Waals surface area contributed by atoms with Crippen LogP contribution >= 0.6 is 0 Å². The van der Waals surface area contributed by atoms with Crippen LogP contribution < -0.4 is 10.6 Å². The molecule has 1 aliphatic rings. The van der Waals surface area contributed by atoms with Crippen LogP contribution in [-0.4, -0.2) is 52.8 Å². The van der Waals surface area contributed by atoms with Gasteiger partial charge < -0.3 is 14.8 Å². The van der Waals surface area contributed by atoms with Crippen LogP contribution in [0.2, 0.25) is 0 Å². The monoisotopic (exact) mass is 433 g/mol. The third kappa shape index (κ3) is 4.08. The molecule has 0 spiro atoms. The van der Waals surface area contributed by atoms with E-state index in [0.717, 1.165) is 19.3 Å². The number of para-hydroxylation sites is 1. The molecule has 0 radical (unpaired) electrons. The number of aromatic nitrogens is 2. The predicted molar refractivity (Wildman–Crippen MR) is 123 cm³/mol. The molecule has 2 heterocycles. The van der Waals surface area contributed by atoms with Gasteiger partial charge in [-0.2, -0.15) is 0 Å². The number of nitrogens with zero attached hydrogens (tertiary/aromatic N) is 3. The number of nitrogens with one attached hydrogen (secondary N) is 2. The summed E-state index contributed by atoms with van der Waals surface area (Å²) >= 11 is 0. The van der Waals surface area contributed by atoms with Gasteiger partial charge in [0.1, 0.15) is 0 Å². The molecule has 1 atom stereocenters. The van der Waals surface area contributed by atoms with Crippen LogP contribution in [0.25, 0.3) is 11.0 Å². The molecule has 2 N–H and O–H groups in total. The van der Waals surface area contributed by atoms with Crippen LogP contribution in [0, 0.1) is 0 Å². The highest BCUT2D eigenvalue weighted by atomic mass is 16.2. The van der Waals surface area contributed by atoms with E-state index in [2.05, 4.69) is 22.5 Å². The van der Waals surface area contributed by atoms with E-state index in [9.17, 15) is 14.4 Å². The van der Waals surface area contributed by atoms with Crippen molar-refractivity contribution in [3.63, 3.8) is 0 Å². The minimum atomic E-state index is -0.360. The first-order valence-corrected chi connectivity index (χ1v) is 10.8. The fourth-order valence-corrected chi connectivity index (χ4v) is 4.05. The minimum absolute atomic E-state index is 0.0172. The Morgan fingerprint density at radius 3 is 2.53 bits per heavy atom. The summed E-state index contributed by atoms with van der Waals surface area (Å²) in [5.74, 6) is -0.278. The van der Waals surface area contributed by atoms with E-state index >= 15 is 0 Å². The number of anilines is 1. The number of amides is 3. The van der Waals surface area contributed by atoms with Gasteiger partial charge in [0.05, 0.1) is 16.6 Å². The standard InChI is InChI=1S/C24H27N5O3/c1-15-8-4-5-13-25-21(30)16-9-6-10-17(14-16)22(31)27-24-26-19-12-7-11-18(20(19)29(15)24)23(32)28(2)3/h6-7,9-12,14-15H,4-5,8,13H2,1-3H3,(H,25,30)(H,26,27,31). The summed E-state index contributed by atoms with van der Waals surface area (Å²) in [5, 5.41) is 5.82. The number of carbonyl (C=O) groups is 3. The third-order valence-corrected chi connectivity index (χ3v) is 5.73. The van der Waals surface area contributed by atoms with Crippen molar-refractivity contribution < 1.29 is 14.4 Å². The Bertz CT molecular complexity index is 1200. The van der Waals surface area contributed by atoms with Crippen molar-refractivity contribution in [2.75, 3.05) is 26.0 Å². The number of benzene rings is 2. The Kier molecular flexibility index (Phi) is 5.94. The molecular weight excluding hydrogens is 406 g/mol. The summed E-state index contributed by atoms with van der Waals surface area (Å²) in [6.45, 7) is 2.61. The second-order valence-corrected chi connectivity index (χ2v) is 8.31. The molecule has 1 aliphatic heterocycles. The fourth-order valence-electron chi connectivity index (χ4n) is 4.05. The molecule has 8 heteroatoms. The molecule has 8 nitrogen and oxygen atoms in total. The third-order valence-electron chi connectivity index (χ3n) is 5.73. The Morgan fingerprint density at radius 1 is 1.06 bits per heavy atom. The van der Waals surface area contributed by atoms with Gasteiger partial charge in [0.25, 0.3) is 17.7 Å². The second kappa shape index (κ2) is 8.82. The Morgan fingerprint density at radius 2 is 1.78 bits per heavy atom. The number of hydrogen-bond donors (Lipinski definition) is 2. The molecule has 0 saturated carbocycles. The average molecular weight is 434 g/mol. The van der Waals surface area contributed by atoms with Crippen molar-refractivity contribution in [1.82, 2.24) is 19.8 Å². The molecule has 0 aliphatic carbocycles. The van der Waals surface area contributed by atoms with Crippen molar-refractivity contribution in [2.24, 2.45) is 0 Å². The maximum Gasteiger partial charge on any atom is 0.257 e. The van der Waals surface area contributed by atoms with Gasteiger partial charge in [-0.25, -0.2) is 4.98 Å². The van der Waals surface area contributed by atoms with Crippen LogP contribution in [0.1, 0.15) is 63.3 Å². The molecule has 166 valence electrons. The van der Waals surface area contributed by atoms with Crippen molar-refractivity contribution >= 4 is 34.7 Å². The average Bonchev–Trinajstić information content (AvgIpc) is 3.15. The molecule has 2 bridgehead atoms. The number of rotatable bonds is 1. The minimum Gasteiger partial charge on any atom is -0.352 e. The topological polar surface area (TPSA) is 96.3 Å². The maximum atomic E-state index is 13.1. The molecule has 1 unspecified atom stereocenters. The lowest BCUT2D eigenvalue weighted by molar-refractivity contribution is 0.0828. The molecule has 3 amide bonds. The Labute approximate surface area is 186 Å². The molecular formula is C24H27N5O3. The molecule has 32 heavy (non-hydrogen) atoms. The van der Waals surface area contributed by atoms with Gasteiger partial charge in [0.15, 0.2) is 0 Å². The van der Waals surface area contributed by atoms with Gasteiger partial charge in [0.2, 0.25) is 5.95 Å². The van der Waals surface area contributed by atoms with E-state index in [1.54, 1.807) is 50.5 Å².